The monoisotopic (exact) mass is 302 g/mol. The predicted molar refractivity (Wildman–Crippen MR) is 81.8 cm³/mol. The van der Waals surface area contributed by atoms with Crippen molar-refractivity contribution in [2.45, 2.75) is 19.8 Å². The average molecular weight is 302 g/mol. The standard InChI is InChI=1S/C17H18O5/c1-10(2)11-3-5-13(6-4-11)22-9-16(21)17-14(19)7-12(18)8-15(17)20/h3-8,10,18-20H,9H2,1-2H3. The van der Waals surface area contributed by atoms with Crippen molar-refractivity contribution in [1.82, 2.24) is 0 Å². The quantitative estimate of drug-likeness (QED) is 0.738. The van der Waals surface area contributed by atoms with Crippen LogP contribution in [-0.4, -0.2) is 27.7 Å². The van der Waals surface area contributed by atoms with Gasteiger partial charge in [0, 0.05) is 12.1 Å². The van der Waals surface area contributed by atoms with Crippen LogP contribution in [0.1, 0.15) is 35.7 Å². The Hall–Kier alpha value is -2.69. The van der Waals surface area contributed by atoms with Crippen LogP contribution >= 0.6 is 0 Å². The largest absolute Gasteiger partial charge is 0.508 e. The van der Waals surface area contributed by atoms with E-state index in [0.717, 1.165) is 17.7 Å². The Morgan fingerprint density at radius 1 is 1.05 bits per heavy atom. The van der Waals surface area contributed by atoms with Crippen molar-refractivity contribution in [3.8, 4) is 23.0 Å². The first-order valence-corrected chi connectivity index (χ1v) is 6.89. The van der Waals surface area contributed by atoms with E-state index in [9.17, 15) is 20.1 Å². The summed E-state index contributed by atoms with van der Waals surface area (Å²) >= 11 is 0. The summed E-state index contributed by atoms with van der Waals surface area (Å²) in [6.07, 6.45) is 0. The molecule has 0 aliphatic carbocycles. The molecule has 2 aromatic carbocycles. The number of ketones is 1. The molecule has 0 aliphatic heterocycles. The Bertz CT molecular complexity index is 651. The second-order valence-electron chi connectivity index (χ2n) is 5.29. The minimum atomic E-state index is -0.581. The minimum absolute atomic E-state index is 0.267. The zero-order chi connectivity index (χ0) is 16.3. The summed E-state index contributed by atoms with van der Waals surface area (Å²) in [5.41, 5.74) is 0.893. The molecule has 2 aromatic rings. The van der Waals surface area contributed by atoms with E-state index in [2.05, 4.69) is 13.8 Å². The van der Waals surface area contributed by atoms with Gasteiger partial charge in [0.05, 0.1) is 0 Å². The van der Waals surface area contributed by atoms with Crippen LogP contribution in [0.3, 0.4) is 0 Å². The third-order valence-corrected chi connectivity index (χ3v) is 3.28. The van der Waals surface area contributed by atoms with Gasteiger partial charge in [0.15, 0.2) is 6.61 Å². The van der Waals surface area contributed by atoms with E-state index in [-0.39, 0.29) is 17.9 Å². The summed E-state index contributed by atoms with van der Waals surface area (Å²) in [5.74, 6) is -0.945. The van der Waals surface area contributed by atoms with Gasteiger partial charge in [-0.05, 0) is 23.6 Å². The number of phenols is 3. The van der Waals surface area contributed by atoms with Crippen LogP contribution in [0.25, 0.3) is 0 Å². The second kappa shape index (κ2) is 6.39. The smallest absolute Gasteiger partial charge is 0.207 e. The van der Waals surface area contributed by atoms with Gasteiger partial charge in [0.2, 0.25) is 5.78 Å². The summed E-state index contributed by atoms with van der Waals surface area (Å²) in [6.45, 7) is 3.83. The van der Waals surface area contributed by atoms with Crippen LogP contribution in [-0.2, 0) is 0 Å². The molecule has 0 saturated carbocycles. The van der Waals surface area contributed by atoms with Gasteiger partial charge in [0.1, 0.15) is 28.6 Å². The topological polar surface area (TPSA) is 87.0 Å². The maximum atomic E-state index is 12.0. The molecule has 5 nitrogen and oxygen atoms in total. The molecule has 0 fully saturated rings. The molecule has 0 unspecified atom stereocenters. The summed E-state index contributed by atoms with van der Waals surface area (Å²) < 4.78 is 5.36. The van der Waals surface area contributed by atoms with Gasteiger partial charge in [-0.2, -0.15) is 0 Å². The zero-order valence-electron chi connectivity index (χ0n) is 12.4. The first-order chi connectivity index (χ1) is 10.4. The molecule has 0 saturated heterocycles. The summed E-state index contributed by atoms with van der Waals surface area (Å²) in [7, 11) is 0. The summed E-state index contributed by atoms with van der Waals surface area (Å²) in [5, 5.41) is 28.5. The molecule has 116 valence electrons. The number of Topliss-reactive ketones (excluding diaryl/α,β-unsaturated/α-hetero) is 1. The highest BCUT2D eigenvalue weighted by Gasteiger charge is 2.18. The molecule has 5 heteroatoms. The van der Waals surface area contributed by atoms with Crippen LogP contribution in [0.2, 0.25) is 0 Å². The Morgan fingerprint density at radius 2 is 1.59 bits per heavy atom. The Balaban J connectivity index is 2.07. The molecule has 0 aromatic heterocycles. The normalized spacial score (nSPS) is 10.7. The van der Waals surface area contributed by atoms with Crippen LogP contribution in [0.5, 0.6) is 23.0 Å². The Kier molecular flexibility index (Phi) is 4.56. The molecule has 3 N–H and O–H groups in total. The van der Waals surface area contributed by atoms with E-state index in [1.54, 1.807) is 12.1 Å². The van der Waals surface area contributed by atoms with Crippen molar-refractivity contribution in [3.63, 3.8) is 0 Å². The molecule has 0 heterocycles. The van der Waals surface area contributed by atoms with Crippen molar-refractivity contribution in [2.75, 3.05) is 6.61 Å². The first kappa shape index (κ1) is 15.7. The molecule has 0 bridgehead atoms. The average Bonchev–Trinajstić information content (AvgIpc) is 2.44. The highest BCUT2D eigenvalue weighted by molar-refractivity contribution is 6.02. The number of rotatable bonds is 5. The van der Waals surface area contributed by atoms with Crippen molar-refractivity contribution >= 4 is 5.78 Å². The second-order valence-corrected chi connectivity index (χ2v) is 5.29. The zero-order valence-corrected chi connectivity index (χ0v) is 12.4. The van der Waals surface area contributed by atoms with Gasteiger partial charge in [-0.15, -0.1) is 0 Å². The van der Waals surface area contributed by atoms with Gasteiger partial charge in [-0.1, -0.05) is 26.0 Å². The number of phenolic OH excluding ortho intramolecular Hbond substituents is 3. The third kappa shape index (κ3) is 3.49. The lowest BCUT2D eigenvalue weighted by molar-refractivity contribution is 0.0916. The van der Waals surface area contributed by atoms with Crippen LogP contribution < -0.4 is 4.74 Å². The van der Waals surface area contributed by atoms with Gasteiger partial charge in [-0.25, -0.2) is 0 Å². The van der Waals surface area contributed by atoms with Crippen LogP contribution in [0, 0.1) is 0 Å². The SMILES string of the molecule is CC(C)c1ccc(OCC(=O)c2c(O)cc(O)cc2O)cc1. The Labute approximate surface area is 128 Å². The number of hydrogen-bond donors (Lipinski definition) is 3. The molecule has 2 rings (SSSR count). The van der Waals surface area contributed by atoms with E-state index < -0.39 is 17.3 Å². The first-order valence-electron chi connectivity index (χ1n) is 6.89. The number of ether oxygens (including phenoxy) is 1. The minimum Gasteiger partial charge on any atom is -0.508 e. The van der Waals surface area contributed by atoms with Crippen molar-refractivity contribution in [3.05, 3.63) is 47.5 Å². The molecule has 0 radical (unpaired) electrons. The molecular weight excluding hydrogens is 284 g/mol. The molecule has 0 spiro atoms. The third-order valence-electron chi connectivity index (χ3n) is 3.28. The van der Waals surface area contributed by atoms with Crippen LogP contribution in [0.4, 0.5) is 0 Å². The lowest BCUT2D eigenvalue weighted by Gasteiger charge is -2.10. The van der Waals surface area contributed by atoms with E-state index in [4.69, 9.17) is 4.74 Å². The maximum Gasteiger partial charge on any atom is 0.207 e. The molecule has 0 aliphatic rings. The highest BCUT2D eigenvalue weighted by atomic mass is 16.5. The van der Waals surface area contributed by atoms with E-state index >= 15 is 0 Å². The summed E-state index contributed by atoms with van der Waals surface area (Å²) in [4.78, 5) is 12.0. The molecule has 0 amide bonds. The highest BCUT2D eigenvalue weighted by Crippen LogP contribution is 2.32. The molecular formula is C17H18O5. The molecule has 0 atom stereocenters. The summed E-state index contributed by atoms with van der Waals surface area (Å²) in [6, 6.07) is 9.34. The van der Waals surface area contributed by atoms with E-state index in [0.29, 0.717) is 11.7 Å². The fourth-order valence-electron chi connectivity index (χ4n) is 2.05. The number of benzene rings is 2. The van der Waals surface area contributed by atoms with Gasteiger partial charge in [0.25, 0.3) is 0 Å². The number of hydrogen-bond acceptors (Lipinski definition) is 5. The predicted octanol–water partition coefficient (Wildman–Crippen LogP) is 3.19. The van der Waals surface area contributed by atoms with Gasteiger partial charge < -0.3 is 20.1 Å². The van der Waals surface area contributed by atoms with Crippen LogP contribution in [0.15, 0.2) is 36.4 Å². The van der Waals surface area contributed by atoms with E-state index in [1.165, 1.54) is 0 Å². The number of carbonyl (C=O) groups excluding carboxylic acids is 1. The number of carbonyl (C=O) groups is 1. The number of aromatic hydroxyl groups is 3. The van der Waals surface area contributed by atoms with Crippen molar-refractivity contribution in [1.29, 1.82) is 0 Å². The lowest BCUT2D eigenvalue weighted by Crippen LogP contribution is -2.12. The van der Waals surface area contributed by atoms with Gasteiger partial charge >= 0.3 is 0 Å². The lowest BCUT2D eigenvalue weighted by atomic mass is 10.0. The van der Waals surface area contributed by atoms with E-state index in [1.807, 2.05) is 12.1 Å². The molecule has 22 heavy (non-hydrogen) atoms. The van der Waals surface area contributed by atoms with Crippen molar-refractivity contribution in [2.24, 2.45) is 0 Å². The fraction of sp³-hybridized carbons (Fsp3) is 0.235. The Morgan fingerprint density at radius 3 is 2.09 bits per heavy atom. The van der Waals surface area contributed by atoms with Crippen molar-refractivity contribution < 1.29 is 24.9 Å². The fourth-order valence-corrected chi connectivity index (χ4v) is 2.05. The maximum absolute atomic E-state index is 12.0. The van der Waals surface area contributed by atoms with Gasteiger partial charge in [-0.3, -0.25) is 4.79 Å².